The fourth-order valence-corrected chi connectivity index (χ4v) is 2.58. The van der Waals surface area contributed by atoms with Gasteiger partial charge in [-0.3, -0.25) is 9.59 Å². The topological polar surface area (TPSA) is 58.2 Å². The van der Waals surface area contributed by atoms with Gasteiger partial charge in [-0.25, -0.2) is 0 Å². The molecule has 0 fully saturated rings. The van der Waals surface area contributed by atoms with Crippen LogP contribution in [-0.2, 0) is 9.59 Å². The summed E-state index contributed by atoms with van der Waals surface area (Å²) in [4.78, 5) is 24.2. The van der Waals surface area contributed by atoms with E-state index in [4.69, 9.17) is 0 Å². The molecule has 0 saturated carbocycles. The molecule has 1 aliphatic rings. The number of hydrogen-bond donors (Lipinski definition) is 2. The van der Waals surface area contributed by atoms with Crippen molar-refractivity contribution in [3.63, 3.8) is 0 Å². The summed E-state index contributed by atoms with van der Waals surface area (Å²) in [6, 6.07) is 15.1. The molecule has 0 aliphatic carbocycles. The van der Waals surface area contributed by atoms with Gasteiger partial charge in [0, 0.05) is 17.8 Å². The lowest BCUT2D eigenvalue weighted by molar-refractivity contribution is -0.122. The largest absolute Gasteiger partial charge is 0.326 e. The highest BCUT2D eigenvalue weighted by atomic mass is 16.2. The summed E-state index contributed by atoms with van der Waals surface area (Å²) < 4.78 is 0. The Morgan fingerprint density at radius 3 is 2.67 bits per heavy atom. The molecule has 0 spiro atoms. The van der Waals surface area contributed by atoms with Gasteiger partial charge in [-0.15, -0.1) is 0 Å². The van der Waals surface area contributed by atoms with E-state index in [1.807, 2.05) is 55.5 Å². The van der Waals surface area contributed by atoms with Gasteiger partial charge in [-0.2, -0.15) is 0 Å². The second-order valence-corrected chi connectivity index (χ2v) is 5.20. The van der Waals surface area contributed by atoms with E-state index in [1.54, 1.807) is 0 Å². The van der Waals surface area contributed by atoms with E-state index in [0.717, 1.165) is 22.5 Å². The third kappa shape index (κ3) is 2.65. The first-order chi connectivity index (χ1) is 10.1. The lowest BCUT2D eigenvalue weighted by Crippen LogP contribution is -2.20. The maximum Gasteiger partial charge on any atom is 0.232 e. The molecule has 1 atom stereocenters. The second-order valence-electron chi connectivity index (χ2n) is 5.20. The summed E-state index contributed by atoms with van der Waals surface area (Å²) in [7, 11) is 0. The number of fused-ring (bicyclic) bond motifs is 1. The fraction of sp³-hybridized carbons (Fsp3) is 0.176. The van der Waals surface area contributed by atoms with Gasteiger partial charge in [0.25, 0.3) is 0 Å². The van der Waals surface area contributed by atoms with Gasteiger partial charge < -0.3 is 10.6 Å². The Kier molecular flexibility index (Phi) is 3.44. The lowest BCUT2D eigenvalue weighted by atomic mass is 9.97. The van der Waals surface area contributed by atoms with Crippen molar-refractivity contribution in [3.8, 4) is 0 Å². The van der Waals surface area contributed by atoms with Crippen LogP contribution < -0.4 is 10.6 Å². The Hall–Kier alpha value is -2.62. The molecule has 0 aromatic heterocycles. The van der Waals surface area contributed by atoms with Crippen molar-refractivity contribution >= 4 is 23.2 Å². The fourth-order valence-electron chi connectivity index (χ4n) is 2.58. The first-order valence-electron chi connectivity index (χ1n) is 6.90. The molecular weight excluding hydrogens is 264 g/mol. The van der Waals surface area contributed by atoms with Crippen molar-refractivity contribution in [2.75, 3.05) is 10.6 Å². The normalized spacial score (nSPS) is 16.2. The summed E-state index contributed by atoms with van der Waals surface area (Å²) in [6.45, 7) is 1.94. The Balaban J connectivity index is 1.74. The molecule has 0 radical (unpaired) electrons. The van der Waals surface area contributed by atoms with Gasteiger partial charge in [-0.1, -0.05) is 36.4 Å². The summed E-state index contributed by atoms with van der Waals surface area (Å²) >= 11 is 0. The van der Waals surface area contributed by atoms with Crippen LogP contribution in [0.4, 0.5) is 11.4 Å². The van der Waals surface area contributed by atoms with E-state index in [1.165, 1.54) is 0 Å². The van der Waals surface area contributed by atoms with Crippen molar-refractivity contribution in [2.45, 2.75) is 19.3 Å². The zero-order valence-electron chi connectivity index (χ0n) is 11.7. The van der Waals surface area contributed by atoms with Gasteiger partial charge in [0.1, 0.15) is 0 Å². The Morgan fingerprint density at radius 1 is 1.14 bits per heavy atom. The Morgan fingerprint density at radius 2 is 1.86 bits per heavy atom. The molecule has 4 nitrogen and oxygen atoms in total. The van der Waals surface area contributed by atoms with E-state index >= 15 is 0 Å². The molecule has 106 valence electrons. The third-order valence-corrected chi connectivity index (χ3v) is 3.72. The minimum atomic E-state index is -0.412. The van der Waals surface area contributed by atoms with Gasteiger partial charge in [0.2, 0.25) is 11.8 Å². The predicted molar refractivity (Wildman–Crippen MR) is 82.2 cm³/mol. The number of rotatable bonds is 3. The van der Waals surface area contributed by atoms with Crippen molar-refractivity contribution in [1.82, 2.24) is 0 Å². The van der Waals surface area contributed by atoms with Gasteiger partial charge in [0.15, 0.2) is 0 Å². The SMILES string of the molecule is Cc1ccccc1NC(=O)CC1C(=O)Nc2ccccc21. The molecule has 2 N–H and O–H groups in total. The predicted octanol–water partition coefficient (Wildman–Crippen LogP) is 3.06. The van der Waals surface area contributed by atoms with Crippen LogP contribution in [0.5, 0.6) is 0 Å². The van der Waals surface area contributed by atoms with E-state index < -0.39 is 5.92 Å². The lowest BCUT2D eigenvalue weighted by Gasteiger charge is -2.11. The molecule has 2 aromatic rings. The average molecular weight is 280 g/mol. The van der Waals surface area contributed by atoms with Crippen molar-refractivity contribution in [1.29, 1.82) is 0 Å². The van der Waals surface area contributed by atoms with E-state index in [0.29, 0.717) is 0 Å². The quantitative estimate of drug-likeness (QED) is 0.907. The van der Waals surface area contributed by atoms with Gasteiger partial charge in [-0.05, 0) is 30.2 Å². The minimum Gasteiger partial charge on any atom is -0.326 e. The molecule has 4 heteroatoms. The zero-order chi connectivity index (χ0) is 14.8. The molecule has 1 heterocycles. The number of carbonyl (C=O) groups is 2. The number of aryl methyl sites for hydroxylation is 1. The van der Waals surface area contributed by atoms with Crippen LogP contribution in [0, 0.1) is 6.92 Å². The first kappa shape index (κ1) is 13.4. The third-order valence-electron chi connectivity index (χ3n) is 3.72. The number of amides is 2. The van der Waals surface area contributed by atoms with Crippen LogP contribution in [0.2, 0.25) is 0 Å². The van der Waals surface area contributed by atoms with Crippen LogP contribution in [0.3, 0.4) is 0 Å². The maximum absolute atomic E-state index is 12.2. The first-order valence-corrected chi connectivity index (χ1v) is 6.90. The van der Waals surface area contributed by atoms with Crippen LogP contribution in [0.15, 0.2) is 48.5 Å². The molecule has 1 aliphatic heterocycles. The standard InChI is InChI=1S/C17H16N2O2/c1-11-6-2-4-8-14(11)18-16(20)10-13-12-7-3-5-9-15(12)19-17(13)21/h2-9,13H,10H2,1H3,(H,18,20)(H,19,21). The number of para-hydroxylation sites is 2. The highest BCUT2D eigenvalue weighted by molar-refractivity contribution is 6.06. The summed E-state index contributed by atoms with van der Waals surface area (Å²) in [5.74, 6) is -0.678. The molecule has 1 unspecified atom stereocenters. The van der Waals surface area contributed by atoms with E-state index in [9.17, 15) is 9.59 Å². The van der Waals surface area contributed by atoms with E-state index in [-0.39, 0.29) is 18.2 Å². The minimum absolute atomic E-state index is 0.115. The number of nitrogens with one attached hydrogen (secondary N) is 2. The van der Waals surface area contributed by atoms with Crippen LogP contribution in [-0.4, -0.2) is 11.8 Å². The number of anilines is 2. The summed E-state index contributed by atoms with van der Waals surface area (Å²) in [5, 5.41) is 5.68. The van der Waals surface area contributed by atoms with E-state index in [2.05, 4.69) is 10.6 Å². The Labute approximate surface area is 123 Å². The summed E-state index contributed by atoms with van der Waals surface area (Å²) in [6.07, 6.45) is 0.150. The molecule has 2 aromatic carbocycles. The van der Waals surface area contributed by atoms with Gasteiger partial charge >= 0.3 is 0 Å². The molecule has 2 amide bonds. The maximum atomic E-state index is 12.2. The van der Waals surface area contributed by atoms with Crippen molar-refractivity contribution < 1.29 is 9.59 Å². The molecular formula is C17H16N2O2. The highest BCUT2D eigenvalue weighted by Crippen LogP contribution is 2.34. The number of carbonyl (C=O) groups excluding carboxylic acids is 2. The molecule has 3 rings (SSSR count). The summed E-state index contributed by atoms with van der Waals surface area (Å²) in [5.41, 5.74) is 3.48. The van der Waals surface area contributed by atoms with Crippen LogP contribution in [0.25, 0.3) is 0 Å². The zero-order valence-corrected chi connectivity index (χ0v) is 11.7. The number of hydrogen-bond acceptors (Lipinski definition) is 2. The monoisotopic (exact) mass is 280 g/mol. The smallest absolute Gasteiger partial charge is 0.232 e. The molecule has 21 heavy (non-hydrogen) atoms. The highest BCUT2D eigenvalue weighted by Gasteiger charge is 2.31. The van der Waals surface area contributed by atoms with Crippen LogP contribution >= 0.6 is 0 Å². The van der Waals surface area contributed by atoms with Crippen LogP contribution in [0.1, 0.15) is 23.5 Å². The van der Waals surface area contributed by atoms with Crippen molar-refractivity contribution in [2.24, 2.45) is 0 Å². The second kappa shape index (κ2) is 5.40. The van der Waals surface area contributed by atoms with Gasteiger partial charge in [0.05, 0.1) is 5.92 Å². The number of benzene rings is 2. The average Bonchev–Trinajstić information content (AvgIpc) is 2.78. The Bertz CT molecular complexity index is 709. The molecule has 0 saturated heterocycles. The molecule has 0 bridgehead atoms. The van der Waals surface area contributed by atoms with Crippen molar-refractivity contribution in [3.05, 3.63) is 59.7 Å².